The van der Waals surface area contributed by atoms with Gasteiger partial charge in [0.1, 0.15) is 0 Å². The highest BCUT2D eigenvalue weighted by Gasteiger charge is 2.35. The molecule has 37 heavy (non-hydrogen) atoms. The zero-order valence-electron chi connectivity index (χ0n) is 21.8. The van der Waals surface area contributed by atoms with Crippen LogP contribution in [-0.4, -0.2) is 55.0 Å². The predicted molar refractivity (Wildman–Crippen MR) is 148 cm³/mol. The predicted octanol–water partition coefficient (Wildman–Crippen LogP) is 3.41. The monoisotopic (exact) mass is 530 g/mol. The zero-order valence-corrected chi connectivity index (χ0v) is 22.6. The van der Waals surface area contributed by atoms with E-state index in [1.165, 1.54) is 0 Å². The number of aryl methyl sites for hydroxylation is 2. The van der Waals surface area contributed by atoms with Gasteiger partial charge in [-0.25, -0.2) is 8.61 Å². The molecule has 0 radical (unpaired) electrons. The lowest BCUT2D eigenvalue weighted by atomic mass is 10.1. The minimum absolute atomic E-state index is 0.0290. The number of unbranched alkanes of at least 4 members (excludes halogenated alkanes) is 4. The van der Waals surface area contributed by atoms with Crippen LogP contribution in [0.25, 0.3) is 0 Å². The Morgan fingerprint density at radius 2 is 0.973 bits per heavy atom. The topological polar surface area (TPSA) is 127 Å². The minimum Gasteiger partial charge on any atom is -0.330 e. The summed E-state index contributed by atoms with van der Waals surface area (Å²) < 4.78 is 29.5. The number of carbonyl (C=O) groups is 2. The Kier molecular flexibility index (Phi) is 13.9. The minimum atomic E-state index is -4.34. The van der Waals surface area contributed by atoms with Crippen LogP contribution in [0.3, 0.4) is 0 Å². The molecule has 0 atom stereocenters. The fourth-order valence-electron chi connectivity index (χ4n) is 4.05. The molecule has 2 rings (SSSR count). The highest BCUT2D eigenvalue weighted by molar-refractivity contribution is 7.87. The molecule has 0 saturated carbocycles. The lowest BCUT2D eigenvalue weighted by Crippen LogP contribution is -2.50. The molecule has 0 aromatic heterocycles. The van der Waals surface area contributed by atoms with Crippen LogP contribution in [0.1, 0.15) is 62.5 Å². The van der Waals surface area contributed by atoms with Gasteiger partial charge in [-0.3, -0.25) is 9.59 Å². The number of nitrogens with zero attached hydrogens (tertiary/aromatic N) is 2. The molecule has 0 aliphatic carbocycles. The molecule has 0 spiro atoms. The van der Waals surface area contributed by atoms with Crippen LogP contribution in [0.2, 0.25) is 0 Å². The van der Waals surface area contributed by atoms with Crippen molar-refractivity contribution in [3.8, 4) is 0 Å². The molecule has 2 amide bonds. The van der Waals surface area contributed by atoms with Crippen molar-refractivity contribution in [2.75, 3.05) is 26.2 Å². The maximum absolute atomic E-state index is 13.8. The number of amides is 2. The van der Waals surface area contributed by atoms with Crippen LogP contribution in [0.15, 0.2) is 60.7 Å². The Morgan fingerprint density at radius 3 is 1.32 bits per heavy atom. The normalized spacial score (nSPS) is 11.3. The number of hydrogen-bond donors (Lipinski definition) is 2. The average molecular weight is 531 g/mol. The second kappa shape index (κ2) is 16.9. The molecule has 4 N–H and O–H groups in total. The molecule has 2 aromatic rings. The van der Waals surface area contributed by atoms with Gasteiger partial charge in [-0.1, -0.05) is 73.5 Å². The van der Waals surface area contributed by atoms with Crippen molar-refractivity contribution >= 4 is 22.0 Å². The molecule has 0 fully saturated rings. The molecular formula is C28H42N4O4S. The number of rotatable bonds is 18. The maximum atomic E-state index is 13.8. The molecule has 0 aliphatic heterocycles. The summed E-state index contributed by atoms with van der Waals surface area (Å²) >= 11 is 0. The lowest BCUT2D eigenvalue weighted by molar-refractivity contribution is -0.128. The lowest BCUT2D eigenvalue weighted by Gasteiger charge is -2.30. The Morgan fingerprint density at radius 1 is 0.595 bits per heavy atom. The average Bonchev–Trinajstić information content (AvgIpc) is 2.91. The van der Waals surface area contributed by atoms with Crippen LogP contribution >= 0.6 is 0 Å². The van der Waals surface area contributed by atoms with Crippen LogP contribution < -0.4 is 11.5 Å². The van der Waals surface area contributed by atoms with Crippen LogP contribution in [-0.2, 0) is 32.6 Å². The van der Waals surface area contributed by atoms with E-state index in [-0.39, 0.29) is 25.9 Å². The highest BCUT2D eigenvalue weighted by atomic mass is 32.2. The summed E-state index contributed by atoms with van der Waals surface area (Å²) in [6.07, 6.45) is 4.80. The van der Waals surface area contributed by atoms with Crippen molar-refractivity contribution in [2.45, 2.75) is 64.2 Å². The van der Waals surface area contributed by atoms with E-state index in [0.717, 1.165) is 32.6 Å². The first kappa shape index (κ1) is 30.5. The second-order valence-electron chi connectivity index (χ2n) is 9.11. The Balaban J connectivity index is 2.22. The summed E-state index contributed by atoms with van der Waals surface area (Å²) in [5, 5.41) is 0. The molecular weight excluding hydrogens is 488 g/mol. The molecule has 0 unspecified atom stereocenters. The van der Waals surface area contributed by atoms with Crippen molar-refractivity contribution in [3.63, 3.8) is 0 Å². The molecule has 0 saturated heterocycles. The second-order valence-corrected chi connectivity index (χ2v) is 10.9. The number of benzene rings is 2. The van der Waals surface area contributed by atoms with Gasteiger partial charge in [0.15, 0.2) is 0 Å². The van der Waals surface area contributed by atoms with Crippen LogP contribution in [0, 0.1) is 0 Å². The number of carbonyl (C=O) groups excluding carboxylic acids is 2. The van der Waals surface area contributed by atoms with Crippen molar-refractivity contribution in [2.24, 2.45) is 11.5 Å². The van der Waals surface area contributed by atoms with Crippen molar-refractivity contribution in [3.05, 3.63) is 71.8 Å². The van der Waals surface area contributed by atoms with E-state index in [2.05, 4.69) is 0 Å². The summed E-state index contributed by atoms with van der Waals surface area (Å²) in [4.78, 5) is 26.6. The van der Waals surface area contributed by atoms with E-state index in [1.54, 1.807) is 0 Å². The molecule has 0 heterocycles. The summed E-state index contributed by atoms with van der Waals surface area (Å²) in [5.41, 5.74) is 13.1. The third-order valence-electron chi connectivity index (χ3n) is 6.18. The molecule has 204 valence electrons. The van der Waals surface area contributed by atoms with Gasteiger partial charge in [0, 0.05) is 25.9 Å². The van der Waals surface area contributed by atoms with E-state index in [1.807, 2.05) is 60.7 Å². The molecule has 8 nitrogen and oxygen atoms in total. The van der Waals surface area contributed by atoms with E-state index >= 15 is 0 Å². The molecule has 0 bridgehead atoms. The van der Waals surface area contributed by atoms with Gasteiger partial charge in [-0.15, -0.1) is 0 Å². The van der Waals surface area contributed by atoms with E-state index in [4.69, 9.17) is 11.5 Å². The van der Waals surface area contributed by atoms with Crippen molar-refractivity contribution in [1.82, 2.24) is 8.61 Å². The van der Waals surface area contributed by atoms with Gasteiger partial charge in [0.05, 0.1) is 0 Å². The van der Waals surface area contributed by atoms with Gasteiger partial charge in [0.2, 0.25) is 11.8 Å². The fourth-order valence-corrected chi connectivity index (χ4v) is 5.71. The van der Waals surface area contributed by atoms with Crippen molar-refractivity contribution in [1.29, 1.82) is 0 Å². The molecule has 9 heteroatoms. The molecule has 0 aliphatic rings. The quantitative estimate of drug-likeness (QED) is 0.284. The first-order valence-corrected chi connectivity index (χ1v) is 14.6. The fraction of sp³-hybridized carbons (Fsp3) is 0.500. The van der Waals surface area contributed by atoms with Gasteiger partial charge >= 0.3 is 10.2 Å². The van der Waals surface area contributed by atoms with Gasteiger partial charge in [0.25, 0.3) is 0 Å². The SMILES string of the molecule is NCCCCCN(C(=O)CCc1ccccc1)S(=O)(=O)N(CCCCCN)C(=O)CCc1ccccc1. The first-order valence-electron chi connectivity index (χ1n) is 13.2. The van der Waals surface area contributed by atoms with E-state index < -0.39 is 22.0 Å². The Hall–Kier alpha value is -2.75. The summed E-state index contributed by atoms with van der Waals surface area (Å²) in [6.45, 7) is 1.06. The standard InChI is InChI=1S/C28H42N4O4S/c29-21-9-3-11-23-31(27(33)19-17-25-13-5-1-6-14-25)37(35,36)32(24-12-4-10-22-30)28(34)20-18-26-15-7-2-8-16-26/h1-2,5-8,13-16H,3-4,9-12,17-24,29-30H2. The van der Waals surface area contributed by atoms with Crippen LogP contribution in [0.4, 0.5) is 0 Å². The third kappa shape index (κ3) is 10.6. The van der Waals surface area contributed by atoms with Gasteiger partial charge in [-0.2, -0.15) is 8.42 Å². The van der Waals surface area contributed by atoms with Gasteiger partial charge in [-0.05, 0) is 62.7 Å². The van der Waals surface area contributed by atoms with E-state index in [9.17, 15) is 18.0 Å². The van der Waals surface area contributed by atoms with Gasteiger partial charge < -0.3 is 11.5 Å². The first-order chi connectivity index (χ1) is 17.9. The number of hydrogen-bond acceptors (Lipinski definition) is 6. The van der Waals surface area contributed by atoms with E-state index in [0.29, 0.717) is 51.6 Å². The summed E-state index contributed by atoms with van der Waals surface area (Å²) in [5.74, 6) is -1.00. The molecule has 2 aromatic carbocycles. The Bertz CT molecular complexity index is 955. The number of nitrogens with two attached hydrogens (primary N) is 2. The third-order valence-corrected chi connectivity index (χ3v) is 8.07. The Labute approximate surface area is 222 Å². The summed E-state index contributed by atoms with van der Waals surface area (Å²) in [6, 6.07) is 19.0. The summed E-state index contributed by atoms with van der Waals surface area (Å²) in [7, 11) is -4.34. The van der Waals surface area contributed by atoms with Crippen LogP contribution in [0.5, 0.6) is 0 Å². The highest BCUT2D eigenvalue weighted by Crippen LogP contribution is 2.18. The zero-order chi connectivity index (χ0) is 26.9. The largest absolute Gasteiger partial charge is 0.330 e. The van der Waals surface area contributed by atoms with Crippen molar-refractivity contribution < 1.29 is 18.0 Å². The maximum Gasteiger partial charge on any atom is 0.330 e. The smallest absolute Gasteiger partial charge is 0.330 e.